The third-order valence-corrected chi connectivity index (χ3v) is 5.26. The molecule has 2 rings (SSSR count). The maximum absolute atomic E-state index is 13.5. The quantitative estimate of drug-likeness (QED) is 0.798. The highest BCUT2D eigenvalue weighted by Crippen LogP contribution is 2.23. The first-order valence-electron chi connectivity index (χ1n) is 5.53. The highest BCUT2D eigenvalue weighted by molar-refractivity contribution is 9.23. The molecule has 90 valence electrons. The molecule has 0 spiro atoms. The van der Waals surface area contributed by atoms with Crippen molar-refractivity contribution in [1.29, 1.82) is 0 Å². The van der Waals surface area contributed by atoms with Crippen LogP contribution in [-0.2, 0) is 4.74 Å². The average Bonchev–Trinajstić information content (AvgIpc) is 2.36. The van der Waals surface area contributed by atoms with E-state index in [0.717, 1.165) is 23.0 Å². The van der Waals surface area contributed by atoms with Gasteiger partial charge in [-0.3, -0.25) is 12.9 Å². The molecule has 1 unspecified atom stereocenters. The first-order valence-corrected chi connectivity index (χ1v) is 10.1. The fraction of sp³-hybridized carbons (Fsp3) is 0.455. The molecule has 0 N–H and O–H groups in total. The average molecular weight is 317 g/mol. The zero-order chi connectivity index (χ0) is 12.3. The van der Waals surface area contributed by atoms with Crippen LogP contribution < -0.4 is 8.43 Å². The normalized spacial score (nSPS) is 19.8. The second kappa shape index (κ2) is 6.31. The van der Waals surface area contributed by atoms with Gasteiger partial charge in [0.15, 0.2) is 17.9 Å². The van der Waals surface area contributed by atoms with Crippen molar-refractivity contribution in [3.05, 3.63) is 23.8 Å². The molecule has 1 saturated heterocycles. The summed E-state index contributed by atoms with van der Waals surface area (Å²) in [6, 6.07) is 2.77. The minimum absolute atomic E-state index is 0.0427. The summed E-state index contributed by atoms with van der Waals surface area (Å²) in [7, 11) is 0. The zero-order valence-corrected chi connectivity index (χ0v) is 12.2. The van der Waals surface area contributed by atoms with Gasteiger partial charge in [-0.2, -0.15) is 4.39 Å². The molecule has 1 atom stereocenters. The van der Waals surface area contributed by atoms with Gasteiger partial charge in [-0.1, -0.05) is 0 Å². The summed E-state index contributed by atoms with van der Waals surface area (Å²) < 4.78 is 38.3. The number of halogens is 3. The Morgan fingerprint density at radius 3 is 2.82 bits per heavy atom. The van der Waals surface area contributed by atoms with Crippen LogP contribution in [0.1, 0.15) is 19.3 Å². The van der Waals surface area contributed by atoms with Gasteiger partial charge in [0, 0.05) is 6.42 Å². The molecular formula is C11H11BrF2MgO2. The minimum Gasteiger partial charge on any atom is -0.462 e. The van der Waals surface area contributed by atoms with Crippen LogP contribution in [0, 0.1) is 11.6 Å². The predicted molar refractivity (Wildman–Crippen MR) is 64.9 cm³/mol. The minimum atomic E-state index is -0.933. The van der Waals surface area contributed by atoms with Gasteiger partial charge in [0.1, 0.15) is 0 Å². The summed E-state index contributed by atoms with van der Waals surface area (Å²) in [4.78, 5) is 0. The van der Waals surface area contributed by atoms with Crippen LogP contribution in [0.2, 0.25) is 0 Å². The predicted octanol–water partition coefficient (Wildman–Crippen LogP) is 2.51. The lowest BCUT2D eigenvalue weighted by atomic mass is 10.2. The molecule has 6 heteroatoms. The molecule has 1 aromatic rings. The van der Waals surface area contributed by atoms with E-state index in [2.05, 4.69) is 12.9 Å². The first kappa shape index (κ1) is 13.5. The largest absolute Gasteiger partial charge is 0.507 e. The summed E-state index contributed by atoms with van der Waals surface area (Å²) in [6.45, 7) is 0.613. The van der Waals surface area contributed by atoms with Crippen molar-refractivity contribution < 1.29 is 18.3 Å². The Hall–Kier alpha value is 0.0862. The third-order valence-electron chi connectivity index (χ3n) is 2.61. The second-order valence-corrected chi connectivity index (χ2v) is 6.70. The van der Waals surface area contributed by atoms with Crippen molar-refractivity contribution in [2.75, 3.05) is 6.61 Å². The van der Waals surface area contributed by atoms with Crippen LogP contribution in [0.25, 0.3) is 0 Å². The van der Waals surface area contributed by atoms with Gasteiger partial charge in [0.05, 0.1) is 6.61 Å². The van der Waals surface area contributed by atoms with Crippen molar-refractivity contribution in [1.82, 2.24) is 0 Å². The van der Waals surface area contributed by atoms with E-state index >= 15 is 0 Å². The van der Waals surface area contributed by atoms with E-state index in [1.807, 2.05) is 0 Å². The summed E-state index contributed by atoms with van der Waals surface area (Å²) in [5.74, 6) is -1.84. The zero-order valence-electron chi connectivity index (χ0n) is 9.22. The Balaban J connectivity index is 2.15. The smallest absolute Gasteiger partial charge is 0.462 e. The number of ether oxygens (including phenoxy) is 2. The van der Waals surface area contributed by atoms with Gasteiger partial charge in [-0.15, -0.1) is 3.69 Å². The van der Waals surface area contributed by atoms with Crippen LogP contribution >= 0.6 is 12.9 Å². The van der Waals surface area contributed by atoms with E-state index in [1.54, 1.807) is 6.07 Å². The Bertz CT molecular complexity index is 397. The van der Waals surface area contributed by atoms with E-state index in [0.29, 0.717) is 6.61 Å². The molecule has 0 bridgehead atoms. The Kier molecular flexibility index (Phi) is 5.02. The fourth-order valence-electron chi connectivity index (χ4n) is 1.73. The highest BCUT2D eigenvalue weighted by atomic mass is 79.9. The van der Waals surface area contributed by atoms with Gasteiger partial charge in [0.25, 0.3) is 0 Å². The molecule has 1 fully saturated rings. The van der Waals surface area contributed by atoms with Gasteiger partial charge in [-0.05, 0) is 25.0 Å². The molecule has 0 aromatic heterocycles. The molecule has 0 radical (unpaired) electrons. The number of benzene rings is 1. The lowest BCUT2D eigenvalue weighted by Gasteiger charge is -2.24. The van der Waals surface area contributed by atoms with Crippen molar-refractivity contribution in [3.8, 4) is 5.75 Å². The number of hydrogen-bond donors (Lipinski definition) is 0. The summed E-state index contributed by atoms with van der Waals surface area (Å²) in [5.41, 5.74) is 0. The summed E-state index contributed by atoms with van der Waals surface area (Å²) in [5, 5.41) is 0. The molecule has 0 amide bonds. The van der Waals surface area contributed by atoms with Gasteiger partial charge in [-0.25, -0.2) is 4.39 Å². The maximum atomic E-state index is 13.5. The lowest BCUT2D eigenvalue weighted by Crippen LogP contribution is -2.26. The fourth-order valence-corrected chi connectivity index (χ4v) is 3.22. The van der Waals surface area contributed by atoms with Crippen LogP contribution in [0.4, 0.5) is 8.78 Å². The summed E-state index contributed by atoms with van der Waals surface area (Å²) >= 11 is 2.62. The molecule has 17 heavy (non-hydrogen) atoms. The monoisotopic (exact) mass is 316 g/mol. The molecule has 0 saturated carbocycles. The Morgan fingerprint density at radius 2 is 2.18 bits per heavy atom. The topological polar surface area (TPSA) is 18.5 Å². The third kappa shape index (κ3) is 3.53. The lowest BCUT2D eigenvalue weighted by molar-refractivity contribution is -0.107. The molecule has 0 aliphatic carbocycles. The molecule has 1 aliphatic rings. The standard InChI is InChI=1S/C11H11F2O2.BrH.Mg/c12-8-4-3-5-9(11(8)13)15-10-6-1-2-7-14-10;;/h4-5,10H,1-2,6-7H2;1H;/q;;+1/p-1. The Labute approximate surface area is 114 Å². The molecule has 1 heterocycles. The van der Waals surface area contributed by atoms with Gasteiger partial charge >= 0.3 is 18.2 Å². The molecule has 1 aromatic carbocycles. The first-order chi connectivity index (χ1) is 8.20. The van der Waals surface area contributed by atoms with Gasteiger partial charge in [0.2, 0.25) is 5.82 Å². The van der Waals surface area contributed by atoms with Crippen molar-refractivity contribution in [3.63, 3.8) is 0 Å². The van der Waals surface area contributed by atoms with E-state index < -0.39 is 36.1 Å². The van der Waals surface area contributed by atoms with Crippen molar-refractivity contribution in [2.24, 2.45) is 0 Å². The van der Waals surface area contributed by atoms with E-state index in [-0.39, 0.29) is 5.75 Å². The SMILES string of the molecule is Fc1c[c]([Mg][Br])cc(OC2CCCCO2)c1F. The van der Waals surface area contributed by atoms with Gasteiger partial charge < -0.3 is 9.47 Å². The molecule has 2 nitrogen and oxygen atoms in total. The Morgan fingerprint density at radius 1 is 1.35 bits per heavy atom. The van der Waals surface area contributed by atoms with E-state index in [1.165, 1.54) is 6.07 Å². The maximum Gasteiger partial charge on any atom is 0.507 e. The molecular weight excluding hydrogens is 306 g/mol. The van der Waals surface area contributed by atoms with Crippen LogP contribution in [0.5, 0.6) is 5.75 Å². The summed E-state index contributed by atoms with van der Waals surface area (Å²) in [6.07, 6.45) is 2.24. The van der Waals surface area contributed by atoms with Crippen LogP contribution in [-0.4, -0.2) is 31.1 Å². The number of rotatable bonds is 3. The van der Waals surface area contributed by atoms with Crippen LogP contribution in [0.15, 0.2) is 12.1 Å². The van der Waals surface area contributed by atoms with E-state index in [9.17, 15) is 8.78 Å². The van der Waals surface area contributed by atoms with Crippen molar-refractivity contribution in [2.45, 2.75) is 25.6 Å². The second-order valence-electron chi connectivity index (χ2n) is 3.94. The van der Waals surface area contributed by atoms with Crippen molar-refractivity contribution >= 4 is 34.8 Å². The number of hydrogen-bond acceptors (Lipinski definition) is 2. The molecule has 1 aliphatic heterocycles. The highest BCUT2D eigenvalue weighted by Gasteiger charge is 2.19. The van der Waals surface area contributed by atoms with E-state index in [4.69, 9.17) is 9.47 Å². The van der Waals surface area contributed by atoms with Crippen LogP contribution in [0.3, 0.4) is 0 Å².